The van der Waals surface area contributed by atoms with Gasteiger partial charge in [-0.3, -0.25) is 0 Å². The third-order valence-electron chi connectivity index (χ3n) is 0.235. The normalized spacial score (nSPS) is 7.80. The maximum absolute atomic E-state index is 10.0. The van der Waals surface area contributed by atoms with Crippen molar-refractivity contribution in [2.45, 2.75) is 13.8 Å². The largest absolute Gasteiger partial charge is 0.147 e. The third kappa shape index (κ3) is 10.8. The Morgan fingerprint density at radius 2 is 1.40 bits per heavy atom. The Morgan fingerprint density at radius 1 is 1.10 bits per heavy atom. The molecule has 0 N–H and O–H groups in total. The molecule has 6 heteroatoms. The zero-order valence-corrected chi connectivity index (χ0v) is 7.73. The predicted molar refractivity (Wildman–Crippen MR) is 30.8 cm³/mol. The van der Waals surface area contributed by atoms with Crippen LogP contribution in [-0.2, 0) is 35.2 Å². The van der Waals surface area contributed by atoms with Crippen LogP contribution >= 0.6 is 12.4 Å². The van der Waals surface area contributed by atoms with Gasteiger partial charge in [-0.1, -0.05) is 0 Å². The van der Waals surface area contributed by atoms with Crippen molar-refractivity contribution in [3.63, 3.8) is 0 Å². The fraction of sp³-hybridized carbons (Fsp3) is 0.500. The van der Waals surface area contributed by atoms with Crippen LogP contribution in [0.1, 0.15) is 13.8 Å². The molecule has 0 rings (SSSR count). The summed E-state index contributed by atoms with van der Waals surface area (Å²) in [5, 5.41) is 0. The molecule has 0 aromatic carbocycles. The standard InChI is InChI=1S/2C2H4O2.ClH.Pd/c2*1-2(3)4;;/h2*1H3,(H,3,4);1H;/q;;;+2/p-2. The van der Waals surface area contributed by atoms with E-state index < -0.39 is 30.7 Å². The fourth-order valence-corrected chi connectivity index (χ4v) is 0.517. The second-order valence-corrected chi connectivity index (χ2v) is 2.06. The first kappa shape index (κ1) is 12.6. The molecular formula is C4H7ClO4Pd. The molecule has 0 bridgehead atoms. The van der Waals surface area contributed by atoms with Gasteiger partial charge in [-0.05, 0) is 0 Å². The Labute approximate surface area is 73.7 Å². The van der Waals surface area contributed by atoms with Gasteiger partial charge in [-0.2, -0.15) is 0 Å². The smallest absolute Gasteiger partial charge is 0.147 e. The first-order valence-corrected chi connectivity index (χ1v) is 3.34. The number of carbonyl (C=O) groups excluding carboxylic acids is 2. The van der Waals surface area contributed by atoms with Gasteiger partial charge in [-0.15, -0.1) is 12.4 Å². The minimum atomic E-state index is -0.681. The number of hydrogen-bond acceptors (Lipinski definition) is 4. The van der Waals surface area contributed by atoms with Gasteiger partial charge in [0, 0.05) is 0 Å². The van der Waals surface area contributed by atoms with Crippen molar-refractivity contribution in [1.29, 1.82) is 0 Å². The Kier molecular flexibility index (Phi) is 8.80. The monoisotopic (exact) mass is 260 g/mol. The summed E-state index contributed by atoms with van der Waals surface area (Å²) in [7, 11) is 0. The molecule has 0 heterocycles. The molecule has 0 aliphatic carbocycles. The molecule has 0 unspecified atom stereocenters. The SMILES string of the molecule is CC(=O)[O][Pd][O]C(C)=O.Cl. The molecule has 4 nitrogen and oxygen atoms in total. The molecule has 0 aliphatic rings. The Morgan fingerprint density at radius 3 is 1.60 bits per heavy atom. The van der Waals surface area contributed by atoms with Gasteiger partial charge in [0.2, 0.25) is 0 Å². The van der Waals surface area contributed by atoms with Crippen LogP contribution in [0.15, 0.2) is 0 Å². The number of rotatable bonds is 2. The van der Waals surface area contributed by atoms with Gasteiger partial charge in [0.25, 0.3) is 0 Å². The number of carbonyl (C=O) groups is 2. The van der Waals surface area contributed by atoms with Crippen molar-refractivity contribution in [2.75, 3.05) is 0 Å². The van der Waals surface area contributed by atoms with Crippen LogP contribution < -0.4 is 0 Å². The number of halogens is 1. The number of hydrogen-bond donors (Lipinski definition) is 0. The van der Waals surface area contributed by atoms with Crippen LogP contribution in [0.3, 0.4) is 0 Å². The van der Waals surface area contributed by atoms with Crippen LogP contribution in [0, 0.1) is 0 Å². The minimum absolute atomic E-state index is 0. The van der Waals surface area contributed by atoms with E-state index in [0.29, 0.717) is 0 Å². The molecule has 64 valence electrons. The third-order valence-corrected chi connectivity index (χ3v) is 1.39. The van der Waals surface area contributed by atoms with E-state index in [1.54, 1.807) is 0 Å². The average Bonchev–Trinajstić information content (AvgIpc) is 1.63. The van der Waals surface area contributed by atoms with E-state index in [4.69, 9.17) is 0 Å². The van der Waals surface area contributed by atoms with E-state index in [1.807, 2.05) is 0 Å². The average molecular weight is 261 g/mol. The molecule has 0 aliphatic heterocycles. The van der Waals surface area contributed by atoms with Crippen molar-refractivity contribution in [2.24, 2.45) is 0 Å². The zero-order chi connectivity index (χ0) is 7.28. The van der Waals surface area contributed by atoms with Crippen molar-refractivity contribution >= 4 is 24.3 Å². The quantitative estimate of drug-likeness (QED) is 0.677. The van der Waals surface area contributed by atoms with E-state index in [-0.39, 0.29) is 12.4 Å². The molecule has 10 heavy (non-hydrogen) atoms. The van der Waals surface area contributed by atoms with Gasteiger partial charge >= 0.3 is 61.0 Å². The first-order chi connectivity index (χ1) is 4.13. The molecule has 0 amide bonds. The summed E-state index contributed by atoms with van der Waals surface area (Å²) in [5.41, 5.74) is 0. The second kappa shape index (κ2) is 7.00. The van der Waals surface area contributed by atoms with Crippen LogP contribution in [0.4, 0.5) is 0 Å². The molecule has 0 aromatic heterocycles. The molecule has 0 fully saturated rings. The summed E-state index contributed by atoms with van der Waals surface area (Å²) in [6, 6.07) is 0. The van der Waals surface area contributed by atoms with E-state index >= 15 is 0 Å². The molecule has 0 saturated carbocycles. The fourth-order valence-electron chi connectivity index (χ4n) is 0.0874. The molecule has 0 saturated heterocycles. The zero-order valence-electron chi connectivity index (χ0n) is 5.36. The van der Waals surface area contributed by atoms with E-state index in [1.165, 1.54) is 13.8 Å². The maximum atomic E-state index is 10.0. The molecular weight excluding hydrogens is 254 g/mol. The summed E-state index contributed by atoms with van der Waals surface area (Å²) in [5.74, 6) is -0.879. The summed E-state index contributed by atoms with van der Waals surface area (Å²) in [6.07, 6.45) is 0. The Bertz CT molecular complexity index is 112. The molecule has 0 atom stereocenters. The van der Waals surface area contributed by atoms with Crippen LogP contribution in [0.5, 0.6) is 0 Å². The summed E-state index contributed by atoms with van der Waals surface area (Å²) in [6.45, 7) is 2.50. The summed E-state index contributed by atoms with van der Waals surface area (Å²) >= 11 is -0.681. The second-order valence-electron chi connectivity index (χ2n) is 1.16. The minimum Gasteiger partial charge on any atom is -0.147 e. The van der Waals surface area contributed by atoms with E-state index in [9.17, 15) is 9.59 Å². The Balaban J connectivity index is 0. The van der Waals surface area contributed by atoms with E-state index in [2.05, 4.69) is 6.92 Å². The van der Waals surface area contributed by atoms with Crippen LogP contribution in [0.25, 0.3) is 0 Å². The van der Waals surface area contributed by atoms with Crippen LogP contribution in [0.2, 0.25) is 0 Å². The molecule has 0 radical (unpaired) electrons. The first-order valence-electron chi connectivity index (χ1n) is 2.07. The molecule has 0 aromatic rings. The molecule has 0 spiro atoms. The van der Waals surface area contributed by atoms with Crippen molar-refractivity contribution in [3.8, 4) is 0 Å². The Hall–Kier alpha value is -0.108. The van der Waals surface area contributed by atoms with Crippen molar-refractivity contribution < 1.29 is 35.2 Å². The van der Waals surface area contributed by atoms with Gasteiger partial charge in [0.15, 0.2) is 0 Å². The van der Waals surface area contributed by atoms with Crippen LogP contribution in [-0.4, -0.2) is 11.9 Å². The van der Waals surface area contributed by atoms with Gasteiger partial charge in [-0.25, -0.2) is 0 Å². The van der Waals surface area contributed by atoms with Crippen molar-refractivity contribution in [1.82, 2.24) is 0 Å². The van der Waals surface area contributed by atoms with Gasteiger partial charge in [0.1, 0.15) is 0 Å². The van der Waals surface area contributed by atoms with Crippen molar-refractivity contribution in [3.05, 3.63) is 0 Å². The summed E-state index contributed by atoms with van der Waals surface area (Å²) in [4.78, 5) is 20.0. The van der Waals surface area contributed by atoms with Gasteiger partial charge in [0.05, 0.1) is 0 Å². The topological polar surface area (TPSA) is 52.6 Å². The summed E-state index contributed by atoms with van der Waals surface area (Å²) < 4.78 is 8.64. The van der Waals surface area contributed by atoms with Gasteiger partial charge < -0.3 is 0 Å². The van der Waals surface area contributed by atoms with E-state index in [0.717, 1.165) is 0 Å². The maximum Gasteiger partial charge on any atom is -0.147 e. The predicted octanol–water partition coefficient (Wildman–Crippen LogP) is 0.447.